The van der Waals surface area contributed by atoms with E-state index in [-0.39, 0.29) is 17.8 Å². The van der Waals surface area contributed by atoms with Gasteiger partial charge < -0.3 is 4.90 Å². The van der Waals surface area contributed by atoms with Gasteiger partial charge in [0.1, 0.15) is 11.9 Å². The summed E-state index contributed by atoms with van der Waals surface area (Å²) in [5, 5.41) is 9.36. The molecule has 2 aliphatic rings. The van der Waals surface area contributed by atoms with Crippen molar-refractivity contribution in [3.05, 3.63) is 41.2 Å². The lowest BCUT2D eigenvalue weighted by Crippen LogP contribution is -2.55. The smallest absolute Gasteiger partial charge is 0.249 e. The van der Waals surface area contributed by atoms with Crippen molar-refractivity contribution < 1.29 is 9.18 Å². The van der Waals surface area contributed by atoms with Gasteiger partial charge in [-0.1, -0.05) is 12.1 Å². The first-order valence-electron chi connectivity index (χ1n) is 7.97. The van der Waals surface area contributed by atoms with E-state index in [0.717, 1.165) is 24.9 Å². The van der Waals surface area contributed by atoms with E-state index in [1.165, 1.54) is 12.1 Å². The van der Waals surface area contributed by atoms with Crippen LogP contribution >= 0.6 is 0 Å². The summed E-state index contributed by atoms with van der Waals surface area (Å²) < 4.78 is 12.9. The summed E-state index contributed by atoms with van der Waals surface area (Å²) in [6.07, 6.45) is 4.08. The maximum atomic E-state index is 12.9. The number of benzene rings is 1. The van der Waals surface area contributed by atoms with Crippen LogP contribution in [0.1, 0.15) is 25.3 Å². The quantitative estimate of drug-likeness (QED) is 0.805. The topological polar surface area (TPSA) is 47.3 Å². The van der Waals surface area contributed by atoms with E-state index in [0.29, 0.717) is 24.7 Å². The molecule has 1 atom stereocenters. The molecule has 0 bridgehead atoms. The molecule has 5 heteroatoms. The van der Waals surface area contributed by atoms with Gasteiger partial charge in [-0.05, 0) is 43.5 Å². The van der Waals surface area contributed by atoms with Crippen molar-refractivity contribution in [2.75, 3.05) is 19.6 Å². The Labute approximate surface area is 135 Å². The molecule has 1 saturated heterocycles. The Bertz CT molecular complexity index is 658. The molecule has 23 heavy (non-hydrogen) atoms. The van der Waals surface area contributed by atoms with Crippen LogP contribution in [0.15, 0.2) is 29.8 Å². The molecular formula is C18H20FN3O. The standard InChI is InChI=1S/C18H20FN3O/c1-13(10-14-2-4-15(19)5-3-14)18(23)21-8-9-22(16-6-7-16)17(11-20)12-21/h2-5,10,16-17H,6-9,12H2,1H3/b13-10-. The third kappa shape index (κ3) is 3.59. The van der Waals surface area contributed by atoms with Crippen LogP contribution in [-0.4, -0.2) is 47.4 Å². The predicted octanol–water partition coefficient (Wildman–Crippen LogP) is 2.43. The summed E-state index contributed by atoms with van der Waals surface area (Å²) in [4.78, 5) is 16.6. The number of amides is 1. The molecule has 0 radical (unpaired) electrons. The van der Waals surface area contributed by atoms with E-state index in [1.807, 2.05) is 0 Å². The molecule has 1 aliphatic carbocycles. The van der Waals surface area contributed by atoms with Crippen molar-refractivity contribution in [2.45, 2.75) is 31.8 Å². The second-order valence-electron chi connectivity index (χ2n) is 6.24. The van der Waals surface area contributed by atoms with Gasteiger partial charge in [-0.25, -0.2) is 4.39 Å². The highest BCUT2D eigenvalue weighted by atomic mass is 19.1. The highest BCUT2D eigenvalue weighted by molar-refractivity contribution is 5.97. The summed E-state index contributed by atoms with van der Waals surface area (Å²) in [6, 6.07) is 8.70. The van der Waals surface area contributed by atoms with Gasteiger partial charge in [0.15, 0.2) is 0 Å². The summed E-state index contributed by atoms with van der Waals surface area (Å²) in [5.74, 6) is -0.343. The zero-order valence-electron chi connectivity index (χ0n) is 13.2. The van der Waals surface area contributed by atoms with Crippen LogP contribution in [0.25, 0.3) is 6.08 Å². The van der Waals surface area contributed by atoms with E-state index in [1.54, 1.807) is 30.0 Å². The Morgan fingerprint density at radius 1 is 1.30 bits per heavy atom. The van der Waals surface area contributed by atoms with Crippen LogP contribution in [-0.2, 0) is 4.79 Å². The van der Waals surface area contributed by atoms with Crippen molar-refractivity contribution >= 4 is 12.0 Å². The zero-order valence-corrected chi connectivity index (χ0v) is 13.2. The molecule has 1 aromatic carbocycles. The lowest BCUT2D eigenvalue weighted by molar-refractivity contribution is -0.129. The average molecular weight is 313 g/mol. The average Bonchev–Trinajstić information content (AvgIpc) is 3.40. The first-order chi connectivity index (χ1) is 11.1. The molecule has 2 fully saturated rings. The molecule has 3 rings (SSSR count). The highest BCUT2D eigenvalue weighted by Gasteiger charge is 2.38. The largest absolute Gasteiger partial charge is 0.335 e. The fourth-order valence-electron chi connectivity index (χ4n) is 3.06. The van der Waals surface area contributed by atoms with E-state index in [9.17, 15) is 14.4 Å². The minimum absolute atomic E-state index is 0.0509. The molecule has 0 spiro atoms. The van der Waals surface area contributed by atoms with Crippen LogP contribution in [0.3, 0.4) is 0 Å². The molecule has 1 heterocycles. The van der Waals surface area contributed by atoms with Gasteiger partial charge in [0.05, 0.1) is 6.07 Å². The van der Waals surface area contributed by atoms with Gasteiger partial charge in [0, 0.05) is 31.2 Å². The number of halogens is 1. The monoisotopic (exact) mass is 313 g/mol. The van der Waals surface area contributed by atoms with Crippen molar-refractivity contribution in [1.29, 1.82) is 5.26 Å². The number of carbonyl (C=O) groups is 1. The molecule has 1 aromatic rings. The Morgan fingerprint density at radius 3 is 2.61 bits per heavy atom. The molecule has 120 valence electrons. The van der Waals surface area contributed by atoms with Crippen molar-refractivity contribution in [1.82, 2.24) is 9.80 Å². The van der Waals surface area contributed by atoms with Crippen LogP contribution in [0, 0.1) is 17.1 Å². The highest BCUT2D eigenvalue weighted by Crippen LogP contribution is 2.30. The zero-order chi connectivity index (χ0) is 16.4. The Balaban J connectivity index is 1.67. The number of hydrogen-bond acceptors (Lipinski definition) is 3. The van der Waals surface area contributed by atoms with Crippen molar-refractivity contribution in [2.24, 2.45) is 0 Å². The van der Waals surface area contributed by atoms with E-state index < -0.39 is 0 Å². The minimum atomic E-state index is -0.292. The van der Waals surface area contributed by atoms with Crippen LogP contribution in [0.2, 0.25) is 0 Å². The van der Waals surface area contributed by atoms with Crippen LogP contribution in [0.4, 0.5) is 4.39 Å². The van der Waals surface area contributed by atoms with E-state index in [4.69, 9.17) is 0 Å². The summed E-state index contributed by atoms with van der Waals surface area (Å²) >= 11 is 0. The van der Waals surface area contributed by atoms with Crippen LogP contribution in [0.5, 0.6) is 0 Å². The first-order valence-corrected chi connectivity index (χ1v) is 7.97. The number of nitriles is 1. The maximum absolute atomic E-state index is 12.9. The fraction of sp³-hybridized carbons (Fsp3) is 0.444. The van der Waals surface area contributed by atoms with Crippen LogP contribution < -0.4 is 0 Å². The predicted molar refractivity (Wildman–Crippen MR) is 85.8 cm³/mol. The van der Waals surface area contributed by atoms with E-state index >= 15 is 0 Å². The van der Waals surface area contributed by atoms with Gasteiger partial charge in [0.25, 0.3) is 0 Å². The Hall–Kier alpha value is -2.19. The maximum Gasteiger partial charge on any atom is 0.249 e. The number of carbonyl (C=O) groups excluding carboxylic acids is 1. The van der Waals surface area contributed by atoms with Gasteiger partial charge in [-0.2, -0.15) is 5.26 Å². The molecular weight excluding hydrogens is 293 g/mol. The second-order valence-corrected chi connectivity index (χ2v) is 6.24. The molecule has 0 N–H and O–H groups in total. The van der Waals surface area contributed by atoms with Gasteiger partial charge in [-0.15, -0.1) is 0 Å². The lowest BCUT2D eigenvalue weighted by atomic mass is 10.1. The number of rotatable bonds is 3. The number of piperazine rings is 1. The molecule has 0 aromatic heterocycles. The van der Waals surface area contributed by atoms with Crippen molar-refractivity contribution in [3.63, 3.8) is 0 Å². The first kappa shape index (κ1) is 15.7. The van der Waals surface area contributed by atoms with Gasteiger partial charge in [-0.3, -0.25) is 9.69 Å². The third-order valence-electron chi connectivity index (χ3n) is 4.46. The molecule has 1 amide bonds. The van der Waals surface area contributed by atoms with E-state index in [2.05, 4.69) is 11.0 Å². The van der Waals surface area contributed by atoms with Crippen molar-refractivity contribution in [3.8, 4) is 6.07 Å². The number of hydrogen-bond donors (Lipinski definition) is 0. The minimum Gasteiger partial charge on any atom is -0.335 e. The third-order valence-corrected chi connectivity index (χ3v) is 4.46. The number of nitrogens with zero attached hydrogens (tertiary/aromatic N) is 3. The second kappa shape index (κ2) is 6.51. The molecule has 1 unspecified atom stereocenters. The lowest BCUT2D eigenvalue weighted by Gasteiger charge is -2.38. The summed E-state index contributed by atoms with van der Waals surface area (Å²) in [7, 11) is 0. The molecule has 1 saturated carbocycles. The normalized spacial score (nSPS) is 22.7. The van der Waals surface area contributed by atoms with Gasteiger partial charge >= 0.3 is 0 Å². The summed E-state index contributed by atoms with van der Waals surface area (Å²) in [5.41, 5.74) is 1.40. The molecule has 1 aliphatic heterocycles. The fourth-order valence-corrected chi connectivity index (χ4v) is 3.06. The Kier molecular flexibility index (Phi) is 4.44. The van der Waals surface area contributed by atoms with Gasteiger partial charge in [0.2, 0.25) is 5.91 Å². The summed E-state index contributed by atoms with van der Waals surface area (Å²) in [6.45, 7) is 3.64. The molecule has 4 nitrogen and oxygen atoms in total. The SMILES string of the molecule is C/C(=C/c1ccc(F)cc1)C(=O)N1CCN(C2CC2)C(C#N)C1. The Morgan fingerprint density at radius 2 is 2.00 bits per heavy atom.